The van der Waals surface area contributed by atoms with Crippen molar-refractivity contribution in [3.8, 4) is 0 Å². The Morgan fingerprint density at radius 2 is 1.79 bits per heavy atom. The summed E-state index contributed by atoms with van der Waals surface area (Å²) in [5.74, 6) is -1.07. The van der Waals surface area contributed by atoms with Crippen molar-refractivity contribution < 1.29 is 19.2 Å². The standard InChI is InChI=1S/C23H22N6O4/c1-28-17-9-5-4-8-16(17)24-18(28)12-19(30)26-27-20(31)13-29-21(32)23(25-22(29)33)11-10-14-6-2-3-7-15(14)23/h2-9H,10-13H2,1H3,(H,25,33)(H,26,30)(H,27,31). The molecule has 1 aromatic heterocycles. The molecule has 1 aliphatic carbocycles. The maximum absolute atomic E-state index is 13.1. The van der Waals surface area contributed by atoms with E-state index in [9.17, 15) is 19.2 Å². The van der Waals surface area contributed by atoms with E-state index in [1.165, 1.54) is 0 Å². The molecule has 2 aliphatic rings. The van der Waals surface area contributed by atoms with Crippen LogP contribution in [0.5, 0.6) is 0 Å². The summed E-state index contributed by atoms with van der Waals surface area (Å²) in [6.45, 7) is -0.499. The van der Waals surface area contributed by atoms with Gasteiger partial charge in [0.1, 0.15) is 17.9 Å². The quantitative estimate of drug-likeness (QED) is 0.401. The van der Waals surface area contributed by atoms with Crippen molar-refractivity contribution in [2.24, 2.45) is 7.05 Å². The lowest BCUT2D eigenvalue weighted by atomic mass is 9.92. The third-order valence-electron chi connectivity index (χ3n) is 6.26. The molecule has 3 aromatic rings. The van der Waals surface area contributed by atoms with Gasteiger partial charge in [0, 0.05) is 7.05 Å². The Kier molecular flexibility index (Phi) is 4.85. The van der Waals surface area contributed by atoms with Crippen LogP contribution in [0.15, 0.2) is 48.5 Å². The van der Waals surface area contributed by atoms with Gasteiger partial charge in [-0.25, -0.2) is 9.78 Å². The Morgan fingerprint density at radius 3 is 2.61 bits per heavy atom. The minimum atomic E-state index is -1.13. The predicted molar refractivity (Wildman–Crippen MR) is 117 cm³/mol. The summed E-state index contributed by atoms with van der Waals surface area (Å²) < 4.78 is 1.81. The highest BCUT2D eigenvalue weighted by Crippen LogP contribution is 2.41. The van der Waals surface area contributed by atoms with Gasteiger partial charge in [-0.2, -0.15) is 0 Å². The second kappa shape index (κ2) is 7.73. The van der Waals surface area contributed by atoms with Crippen molar-refractivity contribution in [2.45, 2.75) is 24.8 Å². The summed E-state index contributed by atoms with van der Waals surface area (Å²) in [7, 11) is 1.81. The van der Waals surface area contributed by atoms with Crippen LogP contribution < -0.4 is 16.2 Å². The van der Waals surface area contributed by atoms with E-state index in [0.717, 1.165) is 27.1 Å². The average molecular weight is 446 g/mol. The zero-order valence-electron chi connectivity index (χ0n) is 17.9. The van der Waals surface area contributed by atoms with Crippen molar-refractivity contribution in [1.29, 1.82) is 0 Å². The lowest BCUT2D eigenvalue weighted by Gasteiger charge is -2.22. The van der Waals surface area contributed by atoms with E-state index < -0.39 is 35.8 Å². The van der Waals surface area contributed by atoms with Crippen molar-refractivity contribution >= 4 is 34.8 Å². The van der Waals surface area contributed by atoms with Crippen molar-refractivity contribution in [3.05, 3.63) is 65.5 Å². The van der Waals surface area contributed by atoms with Gasteiger partial charge in [-0.05, 0) is 36.1 Å². The lowest BCUT2D eigenvalue weighted by Crippen LogP contribution is -2.49. The molecule has 1 atom stereocenters. The molecule has 0 saturated carbocycles. The largest absolute Gasteiger partial charge is 0.331 e. The maximum atomic E-state index is 13.1. The third kappa shape index (κ3) is 3.39. The van der Waals surface area contributed by atoms with Gasteiger partial charge in [0.2, 0.25) is 5.91 Å². The smallest absolute Gasteiger partial charge is 0.325 e. The van der Waals surface area contributed by atoms with Crippen LogP contribution in [0, 0.1) is 0 Å². The average Bonchev–Trinajstić information content (AvgIpc) is 3.41. The predicted octanol–water partition coefficient (Wildman–Crippen LogP) is 0.657. The molecule has 10 heteroatoms. The number of hydrogen-bond acceptors (Lipinski definition) is 5. The number of rotatable bonds is 4. The van der Waals surface area contributed by atoms with Gasteiger partial charge in [-0.15, -0.1) is 0 Å². The number of urea groups is 1. The molecule has 1 aliphatic heterocycles. The fourth-order valence-electron chi connectivity index (χ4n) is 4.60. The van der Waals surface area contributed by atoms with Crippen LogP contribution in [0.4, 0.5) is 4.79 Å². The number of aryl methyl sites for hydroxylation is 2. The van der Waals surface area contributed by atoms with Crippen LogP contribution in [0.3, 0.4) is 0 Å². The van der Waals surface area contributed by atoms with Gasteiger partial charge < -0.3 is 9.88 Å². The molecule has 1 saturated heterocycles. The summed E-state index contributed by atoms with van der Waals surface area (Å²) in [6.07, 6.45) is 1.07. The molecule has 33 heavy (non-hydrogen) atoms. The van der Waals surface area contributed by atoms with Crippen LogP contribution in [0.2, 0.25) is 0 Å². The van der Waals surface area contributed by atoms with E-state index >= 15 is 0 Å². The van der Waals surface area contributed by atoms with E-state index in [1.54, 1.807) is 0 Å². The van der Waals surface area contributed by atoms with Crippen LogP contribution in [0.25, 0.3) is 11.0 Å². The van der Waals surface area contributed by atoms with Gasteiger partial charge in [-0.3, -0.25) is 30.1 Å². The Hall–Kier alpha value is -4.21. The van der Waals surface area contributed by atoms with Gasteiger partial charge in [0.25, 0.3) is 11.8 Å². The number of imidazole rings is 1. The summed E-state index contributed by atoms with van der Waals surface area (Å²) in [5.41, 5.74) is 6.90. The number of para-hydroxylation sites is 2. The third-order valence-corrected chi connectivity index (χ3v) is 6.26. The van der Waals surface area contributed by atoms with E-state index in [2.05, 4.69) is 21.2 Å². The molecule has 168 valence electrons. The zero-order valence-corrected chi connectivity index (χ0v) is 17.9. The van der Waals surface area contributed by atoms with Gasteiger partial charge in [-0.1, -0.05) is 36.4 Å². The highest BCUT2D eigenvalue weighted by Gasteiger charge is 2.55. The Bertz CT molecular complexity index is 1320. The van der Waals surface area contributed by atoms with E-state index in [1.807, 2.05) is 60.1 Å². The molecule has 5 amide bonds. The van der Waals surface area contributed by atoms with Gasteiger partial charge in [0.15, 0.2) is 0 Å². The molecule has 1 fully saturated rings. The Labute approximate surface area is 188 Å². The van der Waals surface area contributed by atoms with E-state index in [0.29, 0.717) is 18.7 Å². The maximum Gasteiger partial charge on any atom is 0.325 e. The Morgan fingerprint density at radius 1 is 1.06 bits per heavy atom. The Balaban J connectivity index is 1.20. The summed E-state index contributed by atoms with van der Waals surface area (Å²) in [4.78, 5) is 55.6. The first-order chi connectivity index (χ1) is 15.9. The van der Waals surface area contributed by atoms with Crippen molar-refractivity contribution in [3.63, 3.8) is 0 Å². The van der Waals surface area contributed by atoms with Crippen LogP contribution in [0.1, 0.15) is 23.4 Å². The van der Waals surface area contributed by atoms with Crippen LogP contribution in [-0.4, -0.2) is 44.7 Å². The molecule has 0 bridgehead atoms. The van der Waals surface area contributed by atoms with Gasteiger partial charge in [0.05, 0.1) is 17.5 Å². The number of hydrogen-bond donors (Lipinski definition) is 3. The highest BCUT2D eigenvalue weighted by atomic mass is 16.2. The molecular formula is C23H22N6O4. The first-order valence-electron chi connectivity index (χ1n) is 10.6. The number of aromatic nitrogens is 2. The molecule has 2 heterocycles. The number of nitrogens with one attached hydrogen (secondary N) is 3. The number of carbonyl (C=O) groups is 4. The minimum Gasteiger partial charge on any atom is -0.331 e. The molecule has 1 spiro atoms. The van der Waals surface area contributed by atoms with Crippen molar-refractivity contribution in [1.82, 2.24) is 30.6 Å². The highest BCUT2D eigenvalue weighted by molar-refractivity contribution is 6.10. The first-order valence-corrected chi connectivity index (χ1v) is 10.6. The summed E-state index contributed by atoms with van der Waals surface area (Å²) in [5, 5.41) is 2.77. The first kappa shape index (κ1) is 20.7. The van der Waals surface area contributed by atoms with Gasteiger partial charge >= 0.3 is 6.03 Å². The number of carbonyl (C=O) groups excluding carboxylic acids is 4. The molecule has 1 unspecified atom stereocenters. The molecular weight excluding hydrogens is 424 g/mol. The fraction of sp³-hybridized carbons (Fsp3) is 0.261. The summed E-state index contributed by atoms with van der Waals surface area (Å²) >= 11 is 0. The number of fused-ring (bicyclic) bond motifs is 3. The van der Waals surface area contributed by atoms with Crippen LogP contribution >= 0.6 is 0 Å². The van der Waals surface area contributed by atoms with Crippen LogP contribution in [-0.2, 0) is 39.8 Å². The number of nitrogens with zero attached hydrogens (tertiary/aromatic N) is 3. The summed E-state index contributed by atoms with van der Waals surface area (Å²) in [6, 6.07) is 14.3. The SMILES string of the molecule is Cn1c(CC(=O)NNC(=O)CN2C(=O)NC3(CCc4ccccc43)C2=O)nc2ccccc21. The molecule has 5 rings (SSSR count). The molecule has 0 radical (unpaired) electrons. The van der Waals surface area contributed by atoms with E-state index in [4.69, 9.17) is 0 Å². The minimum absolute atomic E-state index is 0.0471. The zero-order chi connectivity index (χ0) is 23.2. The lowest BCUT2D eigenvalue weighted by molar-refractivity contribution is -0.136. The molecule has 3 N–H and O–H groups in total. The number of amides is 5. The topological polar surface area (TPSA) is 125 Å². The monoisotopic (exact) mass is 446 g/mol. The molecule has 10 nitrogen and oxygen atoms in total. The normalized spacial score (nSPS) is 19.1. The fourth-order valence-corrected chi connectivity index (χ4v) is 4.60. The number of benzene rings is 2. The van der Waals surface area contributed by atoms with E-state index in [-0.39, 0.29) is 6.42 Å². The second-order valence-electron chi connectivity index (χ2n) is 8.23. The second-order valence-corrected chi connectivity index (χ2v) is 8.23. The number of imide groups is 1. The molecule has 2 aromatic carbocycles. The van der Waals surface area contributed by atoms with Crippen molar-refractivity contribution in [2.75, 3.05) is 6.54 Å². The number of hydrazine groups is 1.